The Hall–Kier alpha value is -4.17. The lowest BCUT2D eigenvalue weighted by atomic mass is 9.96. The molecule has 2 aromatic carbocycles. The number of anilines is 1. The molecule has 2 N–H and O–H groups in total. The van der Waals surface area contributed by atoms with Crippen molar-refractivity contribution in [3.63, 3.8) is 0 Å². The minimum absolute atomic E-state index is 0.103. The van der Waals surface area contributed by atoms with Gasteiger partial charge in [-0.25, -0.2) is 4.98 Å². The zero-order valence-corrected chi connectivity index (χ0v) is 19.7. The van der Waals surface area contributed by atoms with Crippen LogP contribution in [0.2, 0.25) is 5.02 Å². The number of carbonyl (C=O) groups excluding carboxylic acids is 2. The van der Waals surface area contributed by atoms with Crippen LogP contribution in [0.1, 0.15) is 29.7 Å². The van der Waals surface area contributed by atoms with Gasteiger partial charge in [0.1, 0.15) is 11.5 Å². The quantitative estimate of drug-likeness (QED) is 0.234. The van der Waals surface area contributed by atoms with Gasteiger partial charge in [-0.15, -0.1) is 0 Å². The van der Waals surface area contributed by atoms with Crippen molar-refractivity contribution in [1.29, 1.82) is 0 Å². The molecule has 1 fully saturated rings. The van der Waals surface area contributed by atoms with Gasteiger partial charge in [-0.2, -0.15) is 0 Å². The number of ether oxygens (including phenoxy) is 1. The van der Waals surface area contributed by atoms with Crippen LogP contribution in [0, 0.1) is 6.92 Å². The first kappa shape index (κ1) is 22.6. The molecule has 3 heterocycles. The Morgan fingerprint density at radius 1 is 1.14 bits per heavy atom. The molecule has 0 saturated carbocycles. The molecule has 176 valence electrons. The summed E-state index contributed by atoms with van der Waals surface area (Å²) < 4.78 is 5.53. The van der Waals surface area contributed by atoms with E-state index in [9.17, 15) is 14.7 Å². The maximum absolute atomic E-state index is 13.3. The number of fused-ring (bicyclic) bond motifs is 1. The van der Waals surface area contributed by atoms with Gasteiger partial charge in [0, 0.05) is 18.0 Å². The molecule has 1 aliphatic heterocycles. The van der Waals surface area contributed by atoms with Crippen LogP contribution in [0.4, 0.5) is 5.95 Å². The highest BCUT2D eigenvalue weighted by Gasteiger charge is 2.48. The molecule has 5 rings (SSSR count). The number of halogens is 1. The summed E-state index contributed by atoms with van der Waals surface area (Å²) in [4.78, 5) is 39.7. The van der Waals surface area contributed by atoms with Crippen molar-refractivity contribution in [1.82, 2.24) is 15.0 Å². The number of hydrogen-bond acceptors (Lipinski definition) is 6. The van der Waals surface area contributed by atoms with Crippen molar-refractivity contribution in [2.45, 2.75) is 19.9 Å². The van der Waals surface area contributed by atoms with Crippen molar-refractivity contribution < 1.29 is 19.4 Å². The third-order valence-electron chi connectivity index (χ3n) is 5.82. The Kier molecular flexibility index (Phi) is 5.74. The van der Waals surface area contributed by atoms with Crippen molar-refractivity contribution >= 4 is 46.0 Å². The molecule has 1 atom stereocenters. The topological polar surface area (TPSA) is 108 Å². The molecule has 0 radical (unpaired) electrons. The lowest BCUT2D eigenvalue weighted by Crippen LogP contribution is -2.30. The van der Waals surface area contributed by atoms with Crippen LogP contribution in [0.5, 0.6) is 5.75 Å². The van der Waals surface area contributed by atoms with E-state index in [1.807, 2.05) is 32.0 Å². The van der Waals surface area contributed by atoms with Crippen LogP contribution >= 0.6 is 11.6 Å². The largest absolute Gasteiger partial charge is 0.507 e. The van der Waals surface area contributed by atoms with Crippen molar-refractivity contribution in [3.05, 3.63) is 88.2 Å². The average molecular weight is 489 g/mol. The van der Waals surface area contributed by atoms with Crippen LogP contribution in [-0.2, 0) is 9.59 Å². The van der Waals surface area contributed by atoms with E-state index < -0.39 is 23.5 Å². The number of hydrogen-bond donors (Lipinski definition) is 2. The average Bonchev–Trinajstić information content (AvgIpc) is 3.38. The first-order valence-electron chi connectivity index (χ1n) is 11.0. The number of pyridine rings is 1. The number of aromatic amines is 1. The Morgan fingerprint density at radius 3 is 2.66 bits per heavy atom. The van der Waals surface area contributed by atoms with Crippen molar-refractivity contribution in [3.8, 4) is 5.75 Å². The number of H-pyrrole nitrogens is 1. The monoisotopic (exact) mass is 488 g/mol. The molecule has 0 bridgehead atoms. The fourth-order valence-corrected chi connectivity index (χ4v) is 4.43. The number of aliphatic hydroxyl groups is 1. The Balaban J connectivity index is 1.72. The number of Topliss-reactive ketones (excluding diaryl/α,β-unsaturated/α-hetero) is 1. The van der Waals surface area contributed by atoms with E-state index in [4.69, 9.17) is 16.3 Å². The highest BCUT2D eigenvalue weighted by molar-refractivity contribution is 6.51. The summed E-state index contributed by atoms with van der Waals surface area (Å²) in [6.45, 7) is 4.19. The second kappa shape index (κ2) is 8.88. The minimum Gasteiger partial charge on any atom is -0.507 e. The van der Waals surface area contributed by atoms with Gasteiger partial charge < -0.3 is 14.8 Å². The molecule has 8 nitrogen and oxygen atoms in total. The lowest BCUT2D eigenvalue weighted by Gasteiger charge is -2.23. The van der Waals surface area contributed by atoms with E-state index in [2.05, 4.69) is 15.0 Å². The van der Waals surface area contributed by atoms with Gasteiger partial charge in [0.25, 0.3) is 5.78 Å². The molecular formula is C26H21ClN4O4. The van der Waals surface area contributed by atoms with E-state index in [1.54, 1.807) is 42.7 Å². The molecule has 1 saturated heterocycles. The SMILES string of the molecule is CCOc1ccc(Cl)c(/C(O)=C2\C(=O)C(=O)N(c3nc4ccc(C)cc4[nH]3)C2c2ccncc2)c1. The van der Waals surface area contributed by atoms with E-state index in [1.165, 1.54) is 4.90 Å². The summed E-state index contributed by atoms with van der Waals surface area (Å²) >= 11 is 6.38. The highest BCUT2D eigenvalue weighted by Crippen LogP contribution is 2.42. The first-order valence-corrected chi connectivity index (χ1v) is 11.4. The standard InChI is InChI=1S/C26H21ClN4O4/c1-3-35-16-5-6-18(27)17(13-16)23(32)21-22(15-8-10-28-11-9-15)31(25(34)24(21)33)26-29-19-7-4-14(2)12-20(19)30-26/h4-13,22,32H,3H2,1-2H3,(H,29,30)/b23-21+. The number of rotatable bonds is 5. The van der Waals surface area contributed by atoms with E-state index >= 15 is 0 Å². The smallest absolute Gasteiger partial charge is 0.302 e. The Bertz CT molecular complexity index is 1500. The number of aromatic nitrogens is 3. The fourth-order valence-electron chi connectivity index (χ4n) is 4.22. The van der Waals surface area contributed by atoms with Crippen LogP contribution in [0.25, 0.3) is 16.8 Å². The zero-order chi connectivity index (χ0) is 24.7. The van der Waals surface area contributed by atoms with Crippen LogP contribution in [0.3, 0.4) is 0 Å². The molecule has 1 unspecified atom stereocenters. The minimum atomic E-state index is -0.952. The van der Waals surface area contributed by atoms with E-state index in [0.29, 0.717) is 23.4 Å². The van der Waals surface area contributed by atoms with Crippen LogP contribution in [-0.4, -0.2) is 38.4 Å². The highest BCUT2D eigenvalue weighted by atomic mass is 35.5. The normalized spacial score (nSPS) is 17.3. The van der Waals surface area contributed by atoms with Crippen LogP contribution in [0.15, 0.2) is 66.5 Å². The van der Waals surface area contributed by atoms with E-state index in [0.717, 1.165) is 11.1 Å². The molecule has 4 aromatic rings. The van der Waals surface area contributed by atoms with Gasteiger partial charge in [0.15, 0.2) is 0 Å². The summed E-state index contributed by atoms with van der Waals surface area (Å²) in [6, 6.07) is 12.8. The Morgan fingerprint density at radius 2 is 1.91 bits per heavy atom. The van der Waals surface area contributed by atoms with Gasteiger partial charge in [-0.05, 0) is 67.4 Å². The summed E-state index contributed by atoms with van der Waals surface area (Å²) in [5.74, 6) is -1.39. The second-order valence-electron chi connectivity index (χ2n) is 8.11. The van der Waals surface area contributed by atoms with Gasteiger partial charge >= 0.3 is 5.91 Å². The number of imidazole rings is 1. The summed E-state index contributed by atoms with van der Waals surface area (Å²) in [6.07, 6.45) is 3.11. The lowest BCUT2D eigenvalue weighted by molar-refractivity contribution is -0.132. The summed E-state index contributed by atoms with van der Waals surface area (Å²) in [5, 5.41) is 11.6. The number of carbonyl (C=O) groups is 2. The predicted molar refractivity (Wildman–Crippen MR) is 132 cm³/mol. The number of aryl methyl sites for hydroxylation is 1. The molecule has 2 aromatic heterocycles. The van der Waals surface area contributed by atoms with Gasteiger partial charge in [0.2, 0.25) is 5.95 Å². The Labute approximate surface area is 205 Å². The van der Waals surface area contributed by atoms with Crippen molar-refractivity contribution in [2.24, 2.45) is 0 Å². The molecule has 35 heavy (non-hydrogen) atoms. The number of ketones is 1. The molecular weight excluding hydrogens is 468 g/mol. The summed E-state index contributed by atoms with van der Waals surface area (Å²) in [7, 11) is 0. The predicted octanol–water partition coefficient (Wildman–Crippen LogP) is 4.94. The van der Waals surface area contributed by atoms with Crippen LogP contribution < -0.4 is 9.64 Å². The molecule has 9 heteroatoms. The number of nitrogens with zero attached hydrogens (tertiary/aromatic N) is 3. The number of aliphatic hydroxyl groups excluding tert-OH is 1. The fraction of sp³-hybridized carbons (Fsp3) is 0.154. The van der Waals surface area contributed by atoms with Crippen molar-refractivity contribution in [2.75, 3.05) is 11.5 Å². The first-order chi connectivity index (χ1) is 16.9. The zero-order valence-electron chi connectivity index (χ0n) is 18.9. The van der Waals surface area contributed by atoms with Gasteiger partial charge in [0.05, 0.1) is 34.3 Å². The maximum atomic E-state index is 13.3. The number of amides is 1. The van der Waals surface area contributed by atoms with Gasteiger partial charge in [-0.3, -0.25) is 19.5 Å². The van der Waals surface area contributed by atoms with Gasteiger partial charge in [-0.1, -0.05) is 17.7 Å². The molecule has 1 aliphatic rings. The third kappa shape index (κ3) is 3.91. The number of nitrogens with one attached hydrogen (secondary N) is 1. The molecule has 1 amide bonds. The molecule has 0 aliphatic carbocycles. The van der Waals surface area contributed by atoms with E-state index in [-0.39, 0.29) is 22.1 Å². The second-order valence-corrected chi connectivity index (χ2v) is 8.51. The maximum Gasteiger partial charge on any atom is 0.302 e. The summed E-state index contributed by atoms with van der Waals surface area (Å²) in [5.41, 5.74) is 3.05. The number of benzene rings is 2. The molecule has 0 spiro atoms. The third-order valence-corrected chi connectivity index (χ3v) is 6.15.